The monoisotopic (exact) mass is 378 g/mol. The SMILES string of the molecule is CN(C(=O)c1cc(NC(=O)O)cc(Nc2ccccc2O)n1)c1ccccc1. The minimum absolute atomic E-state index is 0.00447. The number of pyridine rings is 1. The van der Waals surface area contributed by atoms with Gasteiger partial charge in [0.25, 0.3) is 5.91 Å². The van der Waals surface area contributed by atoms with Crippen molar-refractivity contribution in [3.8, 4) is 5.75 Å². The van der Waals surface area contributed by atoms with E-state index in [2.05, 4.69) is 15.6 Å². The third kappa shape index (κ3) is 4.36. The molecule has 0 radical (unpaired) electrons. The van der Waals surface area contributed by atoms with Gasteiger partial charge in [0, 0.05) is 18.8 Å². The predicted octanol–water partition coefficient (Wildman–Crippen LogP) is 3.90. The highest BCUT2D eigenvalue weighted by Crippen LogP contribution is 2.27. The molecule has 8 nitrogen and oxygen atoms in total. The fraction of sp³-hybridized carbons (Fsp3) is 0.0500. The lowest BCUT2D eigenvalue weighted by Crippen LogP contribution is -2.27. The minimum atomic E-state index is -1.27. The van der Waals surface area contributed by atoms with E-state index in [1.54, 1.807) is 49.5 Å². The molecule has 0 saturated heterocycles. The molecule has 0 fully saturated rings. The first-order valence-electron chi connectivity index (χ1n) is 8.34. The van der Waals surface area contributed by atoms with E-state index in [1.807, 2.05) is 6.07 Å². The number of phenolic OH excluding ortho intramolecular Hbond substituents is 1. The van der Waals surface area contributed by atoms with Crippen molar-refractivity contribution in [2.24, 2.45) is 0 Å². The summed E-state index contributed by atoms with van der Waals surface area (Å²) in [6, 6.07) is 18.3. The van der Waals surface area contributed by atoms with Crippen LogP contribution in [0.15, 0.2) is 66.7 Å². The summed E-state index contributed by atoms with van der Waals surface area (Å²) in [5.74, 6) is -0.215. The predicted molar refractivity (Wildman–Crippen MR) is 106 cm³/mol. The number of aromatic hydroxyl groups is 1. The summed E-state index contributed by atoms with van der Waals surface area (Å²) in [7, 11) is 1.60. The number of anilines is 4. The maximum Gasteiger partial charge on any atom is 0.409 e. The van der Waals surface area contributed by atoms with Crippen LogP contribution in [0.3, 0.4) is 0 Å². The van der Waals surface area contributed by atoms with Gasteiger partial charge in [0.15, 0.2) is 0 Å². The molecule has 0 unspecified atom stereocenters. The summed E-state index contributed by atoms with van der Waals surface area (Å²) in [5.41, 5.74) is 1.25. The maximum atomic E-state index is 12.9. The van der Waals surface area contributed by atoms with Crippen LogP contribution in [0.2, 0.25) is 0 Å². The molecule has 0 aliphatic carbocycles. The number of hydrogen-bond acceptors (Lipinski definition) is 5. The van der Waals surface area contributed by atoms with Crippen molar-refractivity contribution in [3.05, 3.63) is 72.4 Å². The van der Waals surface area contributed by atoms with Crippen LogP contribution in [0.1, 0.15) is 10.5 Å². The van der Waals surface area contributed by atoms with Crippen LogP contribution >= 0.6 is 0 Å². The first-order chi connectivity index (χ1) is 13.4. The van der Waals surface area contributed by atoms with Gasteiger partial charge >= 0.3 is 6.09 Å². The lowest BCUT2D eigenvalue weighted by molar-refractivity contribution is 0.0988. The van der Waals surface area contributed by atoms with Crippen molar-refractivity contribution in [3.63, 3.8) is 0 Å². The molecular formula is C20H18N4O4. The largest absolute Gasteiger partial charge is 0.506 e. The highest BCUT2D eigenvalue weighted by Gasteiger charge is 2.17. The molecule has 0 aliphatic heterocycles. The van der Waals surface area contributed by atoms with Crippen LogP contribution in [-0.2, 0) is 0 Å². The molecule has 3 rings (SSSR count). The molecule has 0 aliphatic rings. The number of para-hydroxylation sites is 3. The summed E-state index contributed by atoms with van der Waals surface area (Å²) in [4.78, 5) is 29.6. The third-order valence-corrected chi connectivity index (χ3v) is 3.91. The third-order valence-electron chi connectivity index (χ3n) is 3.91. The van der Waals surface area contributed by atoms with Gasteiger partial charge in [-0.1, -0.05) is 30.3 Å². The van der Waals surface area contributed by atoms with Crippen LogP contribution < -0.4 is 15.5 Å². The topological polar surface area (TPSA) is 115 Å². The molecule has 2 aromatic carbocycles. The number of carboxylic acid groups (broad SMARTS) is 1. The van der Waals surface area contributed by atoms with Crippen LogP contribution in [0.4, 0.5) is 27.7 Å². The molecule has 1 heterocycles. The number of hydrogen-bond donors (Lipinski definition) is 4. The number of benzene rings is 2. The van der Waals surface area contributed by atoms with Gasteiger partial charge in [-0.3, -0.25) is 10.1 Å². The Kier molecular flexibility index (Phi) is 5.40. The number of aromatic nitrogens is 1. The summed E-state index contributed by atoms with van der Waals surface area (Å²) in [6.07, 6.45) is -1.27. The van der Waals surface area contributed by atoms with E-state index in [1.165, 1.54) is 23.1 Å². The number of nitrogens with zero attached hydrogens (tertiary/aromatic N) is 2. The number of rotatable bonds is 5. The Labute approximate surface area is 161 Å². The first kappa shape index (κ1) is 18.7. The van der Waals surface area contributed by atoms with E-state index in [-0.39, 0.29) is 22.9 Å². The molecule has 1 aromatic heterocycles. The lowest BCUT2D eigenvalue weighted by atomic mass is 10.2. The van der Waals surface area contributed by atoms with E-state index < -0.39 is 12.0 Å². The van der Waals surface area contributed by atoms with Gasteiger partial charge in [-0.2, -0.15) is 0 Å². The van der Waals surface area contributed by atoms with Gasteiger partial charge in [0.1, 0.15) is 17.3 Å². The van der Waals surface area contributed by atoms with Crippen molar-refractivity contribution < 1.29 is 19.8 Å². The molecule has 0 bridgehead atoms. The van der Waals surface area contributed by atoms with Gasteiger partial charge in [-0.05, 0) is 30.3 Å². The van der Waals surface area contributed by atoms with E-state index in [9.17, 15) is 14.7 Å². The fourth-order valence-electron chi connectivity index (χ4n) is 2.56. The highest BCUT2D eigenvalue weighted by molar-refractivity contribution is 6.05. The standard InChI is InChI=1S/C20H18N4O4/c1-24(14-7-3-2-4-8-14)19(26)16-11-13(21-20(27)28)12-18(23-16)22-15-9-5-6-10-17(15)25/h2-12,25H,1H3,(H,27,28)(H2,21,22,23). The van der Waals surface area contributed by atoms with Crippen molar-refractivity contribution in [2.45, 2.75) is 0 Å². The van der Waals surface area contributed by atoms with Crippen LogP contribution in [0.25, 0.3) is 0 Å². The fourth-order valence-corrected chi connectivity index (χ4v) is 2.56. The molecule has 2 amide bonds. The number of amides is 2. The van der Waals surface area contributed by atoms with Crippen LogP contribution in [-0.4, -0.2) is 34.2 Å². The second-order valence-electron chi connectivity index (χ2n) is 5.90. The Bertz CT molecular complexity index is 1010. The number of phenols is 1. The summed E-state index contributed by atoms with van der Waals surface area (Å²) in [5, 5.41) is 24.1. The number of nitrogens with one attached hydrogen (secondary N) is 2. The smallest absolute Gasteiger partial charge is 0.409 e. The highest BCUT2D eigenvalue weighted by atomic mass is 16.4. The summed E-state index contributed by atoms with van der Waals surface area (Å²) >= 11 is 0. The second kappa shape index (κ2) is 8.09. The number of carbonyl (C=O) groups is 2. The molecular weight excluding hydrogens is 360 g/mol. The molecule has 142 valence electrons. The molecule has 8 heteroatoms. The van der Waals surface area contributed by atoms with Crippen molar-refractivity contribution in [2.75, 3.05) is 22.6 Å². The van der Waals surface area contributed by atoms with Gasteiger partial charge in [0.05, 0.1) is 11.4 Å². The van der Waals surface area contributed by atoms with Crippen molar-refractivity contribution in [1.29, 1.82) is 0 Å². The molecule has 0 atom stereocenters. The normalized spacial score (nSPS) is 10.2. The Balaban J connectivity index is 1.96. The van der Waals surface area contributed by atoms with E-state index in [0.29, 0.717) is 11.4 Å². The van der Waals surface area contributed by atoms with Crippen molar-refractivity contribution in [1.82, 2.24) is 4.98 Å². The Morgan fingerprint density at radius 3 is 2.36 bits per heavy atom. The Hall–Kier alpha value is -4.07. The molecule has 0 saturated carbocycles. The van der Waals surface area contributed by atoms with E-state index >= 15 is 0 Å². The Morgan fingerprint density at radius 1 is 1.00 bits per heavy atom. The van der Waals surface area contributed by atoms with E-state index in [4.69, 9.17) is 5.11 Å². The number of carbonyl (C=O) groups excluding carboxylic acids is 1. The zero-order valence-corrected chi connectivity index (χ0v) is 15.0. The van der Waals surface area contributed by atoms with Crippen LogP contribution in [0.5, 0.6) is 5.75 Å². The quantitative estimate of drug-likeness (QED) is 0.501. The maximum absolute atomic E-state index is 12.9. The minimum Gasteiger partial charge on any atom is -0.506 e. The van der Waals surface area contributed by atoms with Crippen LogP contribution in [0, 0.1) is 0 Å². The molecule has 4 N–H and O–H groups in total. The zero-order chi connectivity index (χ0) is 20.1. The molecule has 28 heavy (non-hydrogen) atoms. The van der Waals surface area contributed by atoms with Gasteiger partial charge in [-0.15, -0.1) is 0 Å². The molecule has 3 aromatic rings. The Morgan fingerprint density at radius 2 is 1.68 bits per heavy atom. The summed E-state index contributed by atoms with van der Waals surface area (Å²) < 4.78 is 0. The zero-order valence-electron chi connectivity index (χ0n) is 15.0. The first-order valence-corrected chi connectivity index (χ1v) is 8.34. The van der Waals surface area contributed by atoms with Gasteiger partial charge < -0.3 is 20.4 Å². The van der Waals surface area contributed by atoms with Crippen molar-refractivity contribution >= 4 is 34.9 Å². The second-order valence-corrected chi connectivity index (χ2v) is 5.90. The average molecular weight is 378 g/mol. The average Bonchev–Trinajstić information content (AvgIpc) is 2.68. The molecule has 0 spiro atoms. The summed E-state index contributed by atoms with van der Waals surface area (Å²) in [6.45, 7) is 0. The van der Waals surface area contributed by atoms with Gasteiger partial charge in [-0.25, -0.2) is 9.78 Å². The van der Waals surface area contributed by atoms with Gasteiger partial charge in [0.2, 0.25) is 0 Å². The van der Waals surface area contributed by atoms with E-state index in [0.717, 1.165) is 0 Å². The lowest BCUT2D eigenvalue weighted by Gasteiger charge is -2.18.